The average molecular weight is 272 g/mol. The number of aryl methyl sites for hydroxylation is 1. The van der Waals surface area contributed by atoms with Crippen molar-refractivity contribution in [3.8, 4) is 0 Å². The number of anilines is 2. The fourth-order valence-corrected chi connectivity index (χ4v) is 1.56. The van der Waals surface area contributed by atoms with E-state index in [2.05, 4.69) is 20.6 Å². The minimum atomic E-state index is -3.12. The van der Waals surface area contributed by atoms with Gasteiger partial charge in [0.2, 0.25) is 0 Å². The van der Waals surface area contributed by atoms with E-state index in [4.69, 9.17) is 0 Å². The molecule has 0 aliphatic heterocycles. The Hall–Kier alpha value is -1.37. The van der Waals surface area contributed by atoms with Crippen LogP contribution in [0.15, 0.2) is 6.07 Å². The van der Waals surface area contributed by atoms with Gasteiger partial charge in [0.05, 0.1) is 4.75 Å². The lowest BCUT2D eigenvalue weighted by Crippen LogP contribution is -2.38. The molecule has 0 spiro atoms. The molecular weight excluding hydrogens is 252 g/mol. The molecule has 0 amide bonds. The molecule has 1 aromatic heterocycles. The van der Waals surface area contributed by atoms with Crippen molar-refractivity contribution >= 4 is 21.5 Å². The molecule has 6 nitrogen and oxygen atoms in total. The molecule has 0 bridgehead atoms. The summed E-state index contributed by atoms with van der Waals surface area (Å²) in [6.07, 6.45) is 1.24. The maximum Gasteiger partial charge on any atom is 0.154 e. The quantitative estimate of drug-likeness (QED) is 0.834. The SMILES string of the molecule is CNc1cc(NCC(C)(C)S(C)(=O)=O)nc(C)n1. The van der Waals surface area contributed by atoms with Crippen molar-refractivity contribution in [3.05, 3.63) is 11.9 Å². The second-order valence-electron chi connectivity index (χ2n) is 4.82. The molecule has 0 fully saturated rings. The lowest BCUT2D eigenvalue weighted by molar-refractivity contribution is 0.559. The summed E-state index contributed by atoms with van der Waals surface area (Å²) >= 11 is 0. The van der Waals surface area contributed by atoms with Crippen LogP contribution in [0.3, 0.4) is 0 Å². The molecule has 0 saturated carbocycles. The summed E-state index contributed by atoms with van der Waals surface area (Å²) < 4.78 is 22.3. The van der Waals surface area contributed by atoms with Gasteiger partial charge in [-0.25, -0.2) is 18.4 Å². The standard InChI is InChI=1S/C11H20N4O2S/c1-8-14-9(12-4)6-10(15-8)13-7-11(2,3)18(5,16)17/h6H,7H2,1-5H3,(H2,12,13,14,15). The van der Waals surface area contributed by atoms with Crippen molar-refractivity contribution in [3.63, 3.8) is 0 Å². The van der Waals surface area contributed by atoms with Gasteiger partial charge in [-0.3, -0.25) is 0 Å². The second-order valence-corrected chi connectivity index (χ2v) is 7.47. The Bertz CT molecular complexity index is 526. The van der Waals surface area contributed by atoms with Gasteiger partial charge in [0.1, 0.15) is 17.5 Å². The van der Waals surface area contributed by atoms with Crippen LogP contribution in [0.5, 0.6) is 0 Å². The Kier molecular flexibility index (Phi) is 4.16. The van der Waals surface area contributed by atoms with Gasteiger partial charge in [-0.1, -0.05) is 0 Å². The first-order valence-electron chi connectivity index (χ1n) is 5.62. The Morgan fingerprint density at radius 1 is 1.28 bits per heavy atom. The third-order valence-corrected chi connectivity index (χ3v) is 4.94. The van der Waals surface area contributed by atoms with Crippen molar-refractivity contribution in [1.82, 2.24) is 9.97 Å². The maximum atomic E-state index is 11.6. The largest absolute Gasteiger partial charge is 0.373 e. The molecule has 102 valence electrons. The van der Waals surface area contributed by atoms with Gasteiger partial charge in [0.15, 0.2) is 9.84 Å². The number of hydrogen-bond acceptors (Lipinski definition) is 6. The zero-order valence-electron chi connectivity index (χ0n) is 11.4. The predicted octanol–water partition coefficient (Wildman–Crippen LogP) is 1.06. The van der Waals surface area contributed by atoms with E-state index in [0.717, 1.165) is 0 Å². The van der Waals surface area contributed by atoms with E-state index in [1.54, 1.807) is 33.9 Å². The first kappa shape index (κ1) is 14.7. The third-order valence-electron chi connectivity index (χ3n) is 2.79. The van der Waals surface area contributed by atoms with Gasteiger partial charge in [-0.15, -0.1) is 0 Å². The minimum absolute atomic E-state index is 0.297. The van der Waals surface area contributed by atoms with Gasteiger partial charge < -0.3 is 10.6 Å². The van der Waals surface area contributed by atoms with Crippen LogP contribution in [0.4, 0.5) is 11.6 Å². The van der Waals surface area contributed by atoms with E-state index < -0.39 is 14.6 Å². The minimum Gasteiger partial charge on any atom is -0.373 e. The Labute approximate surface area is 108 Å². The van der Waals surface area contributed by atoms with Crippen LogP contribution in [0.1, 0.15) is 19.7 Å². The molecular formula is C11H20N4O2S. The highest BCUT2D eigenvalue weighted by atomic mass is 32.2. The highest BCUT2D eigenvalue weighted by molar-refractivity contribution is 7.92. The van der Waals surface area contributed by atoms with Crippen molar-refractivity contribution < 1.29 is 8.42 Å². The summed E-state index contributed by atoms with van der Waals surface area (Å²) in [6.45, 7) is 5.45. The molecule has 1 aromatic rings. The molecule has 18 heavy (non-hydrogen) atoms. The van der Waals surface area contributed by atoms with Gasteiger partial charge in [0, 0.05) is 25.9 Å². The van der Waals surface area contributed by atoms with E-state index in [9.17, 15) is 8.42 Å². The van der Waals surface area contributed by atoms with Crippen LogP contribution >= 0.6 is 0 Å². The Morgan fingerprint density at radius 3 is 2.33 bits per heavy atom. The van der Waals surface area contributed by atoms with Crippen molar-refractivity contribution in [2.75, 3.05) is 30.5 Å². The van der Waals surface area contributed by atoms with Gasteiger partial charge in [-0.2, -0.15) is 0 Å². The van der Waals surface area contributed by atoms with E-state index in [1.807, 2.05) is 0 Å². The van der Waals surface area contributed by atoms with Crippen LogP contribution < -0.4 is 10.6 Å². The number of rotatable bonds is 5. The first-order chi connectivity index (χ1) is 8.15. The van der Waals surface area contributed by atoms with Crippen molar-refractivity contribution in [2.45, 2.75) is 25.5 Å². The van der Waals surface area contributed by atoms with Crippen molar-refractivity contribution in [1.29, 1.82) is 0 Å². The van der Waals surface area contributed by atoms with Gasteiger partial charge in [-0.05, 0) is 20.8 Å². The molecule has 0 unspecified atom stereocenters. The Balaban J connectivity index is 2.84. The Morgan fingerprint density at radius 2 is 1.83 bits per heavy atom. The first-order valence-corrected chi connectivity index (χ1v) is 7.52. The number of hydrogen-bond donors (Lipinski definition) is 2. The summed E-state index contributed by atoms with van der Waals surface area (Å²) in [5.74, 6) is 1.94. The van der Waals surface area contributed by atoms with Crippen LogP contribution in [0.25, 0.3) is 0 Å². The number of nitrogens with one attached hydrogen (secondary N) is 2. The van der Waals surface area contributed by atoms with E-state index in [1.165, 1.54) is 6.26 Å². The molecule has 0 aliphatic rings. The van der Waals surface area contributed by atoms with Crippen LogP contribution in [-0.4, -0.2) is 43.0 Å². The smallest absolute Gasteiger partial charge is 0.154 e. The molecule has 0 atom stereocenters. The van der Waals surface area contributed by atoms with E-state index in [0.29, 0.717) is 24.0 Å². The van der Waals surface area contributed by atoms with Crippen molar-refractivity contribution in [2.24, 2.45) is 0 Å². The van der Waals surface area contributed by atoms with Gasteiger partial charge >= 0.3 is 0 Å². The van der Waals surface area contributed by atoms with Crippen LogP contribution in [0, 0.1) is 6.92 Å². The molecule has 1 rings (SSSR count). The third kappa shape index (κ3) is 3.56. The number of nitrogens with zero attached hydrogens (tertiary/aromatic N) is 2. The monoisotopic (exact) mass is 272 g/mol. The summed E-state index contributed by atoms with van der Waals surface area (Å²) in [5, 5.41) is 5.96. The fraction of sp³-hybridized carbons (Fsp3) is 0.636. The second kappa shape index (κ2) is 5.09. The van der Waals surface area contributed by atoms with E-state index in [-0.39, 0.29) is 0 Å². The molecule has 0 aromatic carbocycles. The number of sulfone groups is 1. The molecule has 0 aliphatic carbocycles. The molecule has 0 radical (unpaired) electrons. The zero-order chi connectivity index (χ0) is 14.0. The topological polar surface area (TPSA) is 84.0 Å². The highest BCUT2D eigenvalue weighted by Crippen LogP contribution is 2.17. The molecule has 2 N–H and O–H groups in total. The number of aromatic nitrogens is 2. The van der Waals surface area contributed by atoms with Gasteiger partial charge in [0.25, 0.3) is 0 Å². The van der Waals surface area contributed by atoms with Crippen LogP contribution in [-0.2, 0) is 9.84 Å². The normalized spacial score (nSPS) is 12.3. The molecule has 7 heteroatoms. The summed E-state index contributed by atoms with van der Waals surface area (Å²) in [7, 11) is -1.35. The van der Waals surface area contributed by atoms with Crippen LogP contribution in [0.2, 0.25) is 0 Å². The summed E-state index contributed by atoms with van der Waals surface area (Å²) in [5.41, 5.74) is 0. The summed E-state index contributed by atoms with van der Waals surface area (Å²) in [4.78, 5) is 8.37. The molecule has 0 saturated heterocycles. The van der Waals surface area contributed by atoms with E-state index >= 15 is 0 Å². The fourth-order valence-electron chi connectivity index (χ4n) is 1.22. The molecule has 1 heterocycles. The zero-order valence-corrected chi connectivity index (χ0v) is 12.2. The predicted molar refractivity (Wildman–Crippen MR) is 73.7 cm³/mol. The lowest BCUT2D eigenvalue weighted by Gasteiger charge is -2.23. The highest BCUT2D eigenvalue weighted by Gasteiger charge is 2.29. The average Bonchev–Trinajstić information content (AvgIpc) is 2.24. The maximum absolute atomic E-state index is 11.6. The lowest BCUT2D eigenvalue weighted by atomic mass is 10.2. The summed E-state index contributed by atoms with van der Waals surface area (Å²) in [6, 6.07) is 1.74.